The average molecular weight is 659 g/mol. The van der Waals surface area contributed by atoms with Gasteiger partial charge in [0.2, 0.25) is 5.91 Å². The van der Waals surface area contributed by atoms with Crippen molar-refractivity contribution in [3.05, 3.63) is 87.4 Å². The number of phenols is 1. The number of aromatic hydroxyl groups is 1. The van der Waals surface area contributed by atoms with Crippen molar-refractivity contribution in [2.24, 2.45) is 5.73 Å². The zero-order valence-electron chi connectivity index (χ0n) is 26.1. The van der Waals surface area contributed by atoms with E-state index in [4.69, 9.17) is 22.3 Å². The molecule has 2 atom stereocenters. The molecule has 0 bridgehead atoms. The van der Waals surface area contributed by atoms with Crippen molar-refractivity contribution >= 4 is 51.7 Å². The molecular weight excluding hydrogens is 627 g/mol. The molecule has 6 rings (SSSR count). The third-order valence-electron chi connectivity index (χ3n) is 8.84. The number of rotatable bonds is 5. The summed E-state index contributed by atoms with van der Waals surface area (Å²) in [4.78, 5) is 63.7. The Morgan fingerprint density at radius 2 is 1.83 bits per heavy atom. The number of para-hydroxylation sites is 1. The van der Waals surface area contributed by atoms with Crippen molar-refractivity contribution in [2.45, 2.75) is 38.8 Å². The highest BCUT2D eigenvalue weighted by molar-refractivity contribution is 6.34. The molecule has 0 aliphatic carbocycles. The Morgan fingerprint density at radius 3 is 2.47 bits per heavy atom. The molecule has 4 aromatic rings. The van der Waals surface area contributed by atoms with Crippen LogP contribution >= 0.6 is 11.6 Å². The van der Waals surface area contributed by atoms with Crippen LogP contribution in [0.5, 0.6) is 5.75 Å². The lowest BCUT2D eigenvalue weighted by atomic mass is 9.95. The topological polar surface area (TPSA) is 142 Å². The first-order valence-corrected chi connectivity index (χ1v) is 15.3. The monoisotopic (exact) mass is 658 g/mol. The number of primary amides is 1. The van der Waals surface area contributed by atoms with Crippen LogP contribution < -0.4 is 21.1 Å². The minimum Gasteiger partial charge on any atom is -0.507 e. The van der Waals surface area contributed by atoms with E-state index in [1.807, 2.05) is 20.8 Å². The maximum absolute atomic E-state index is 15.3. The molecule has 242 valence electrons. The smallest absolute Gasteiger partial charge is 0.282 e. The van der Waals surface area contributed by atoms with E-state index in [0.717, 1.165) is 6.07 Å². The minimum atomic E-state index is -0.864. The molecule has 0 unspecified atom stereocenters. The summed E-state index contributed by atoms with van der Waals surface area (Å²) in [5.41, 5.74) is 5.85. The SMILES string of the molecule is C=CC(=O)N1C[C@@H](C)N2c3c(c(=O)n(-c4c(C(N)=O)cccc4C(C)C)c4nc(-c5c(O)cccc5F)c(Cl)cc34)N(C)C(=O)[C@H]2C1. The molecule has 4 heterocycles. The number of nitrogens with two attached hydrogens (primary N) is 1. The first kappa shape index (κ1) is 31.7. The second kappa shape index (κ2) is 11.5. The van der Waals surface area contributed by atoms with Gasteiger partial charge in [0.1, 0.15) is 28.9 Å². The zero-order valence-corrected chi connectivity index (χ0v) is 26.9. The number of benzene rings is 2. The molecule has 3 amide bonds. The number of hydrogen-bond donors (Lipinski definition) is 2. The lowest BCUT2D eigenvalue weighted by Crippen LogP contribution is -2.66. The summed E-state index contributed by atoms with van der Waals surface area (Å²) < 4.78 is 16.5. The van der Waals surface area contributed by atoms with Crippen molar-refractivity contribution in [3.63, 3.8) is 0 Å². The molecule has 2 aliphatic heterocycles. The van der Waals surface area contributed by atoms with Crippen LogP contribution in [0, 0.1) is 5.82 Å². The van der Waals surface area contributed by atoms with Crippen LogP contribution in [0.25, 0.3) is 28.0 Å². The van der Waals surface area contributed by atoms with E-state index in [9.17, 15) is 24.3 Å². The quantitative estimate of drug-likeness (QED) is 0.304. The largest absolute Gasteiger partial charge is 0.507 e. The van der Waals surface area contributed by atoms with Gasteiger partial charge in [-0.2, -0.15) is 0 Å². The van der Waals surface area contributed by atoms with Crippen molar-refractivity contribution in [3.8, 4) is 22.7 Å². The summed E-state index contributed by atoms with van der Waals surface area (Å²) >= 11 is 6.82. The fourth-order valence-electron chi connectivity index (χ4n) is 6.73. The number of phenolic OH excluding ortho intramolecular Hbond substituents is 1. The number of halogens is 2. The second-order valence-corrected chi connectivity index (χ2v) is 12.4. The maximum atomic E-state index is 15.3. The van der Waals surface area contributed by atoms with Crippen LogP contribution in [0.4, 0.5) is 15.8 Å². The Bertz CT molecular complexity index is 2080. The summed E-state index contributed by atoms with van der Waals surface area (Å²) in [7, 11) is 1.47. The molecule has 3 N–H and O–H groups in total. The highest BCUT2D eigenvalue weighted by Gasteiger charge is 2.47. The number of nitrogens with zero attached hydrogens (tertiary/aromatic N) is 5. The molecule has 1 fully saturated rings. The van der Waals surface area contributed by atoms with E-state index in [1.165, 1.54) is 51.8 Å². The number of piperazine rings is 1. The van der Waals surface area contributed by atoms with Gasteiger partial charge in [-0.3, -0.25) is 23.7 Å². The van der Waals surface area contributed by atoms with E-state index in [-0.39, 0.29) is 63.8 Å². The van der Waals surface area contributed by atoms with Crippen LogP contribution in [0.2, 0.25) is 5.02 Å². The number of anilines is 2. The predicted molar refractivity (Wildman–Crippen MR) is 178 cm³/mol. The van der Waals surface area contributed by atoms with Gasteiger partial charge in [0.15, 0.2) is 0 Å². The summed E-state index contributed by atoms with van der Waals surface area (Å²) in [6.07, 6.45) is 1.19. The summed E-state index contributed by atoms with van der Waals surface area (Å²) in [5, 5.41) is 11.0. The summed E-state index contributed by atoms with van der Waals surface area (Å²) in [6, 6.07) is 8.86. The zero-order chi connectivity index (χ0) is 34.1. The Hall–Kier alpha value is -5.23. The number of aromatic nitrogens is 2. The van der Waals surface area contributed by atoms with Crippen molar-refractivity contribution in [1.82, 2.24) is 14.5 Å². The van der Waals surface area contributed by atoms with Crippen molar-refractivity contribution < 1.29 is 23.9 Å². The minimum absolute atomic E-state index is 0.00225. The molecular formula is C34H32ClFN6O5. The fraction of sp³-hybridized carbons (Fsp3) is 0.265. The normalized spacial score (nSPS) is 17.6. The Balaban J connectivity index is 1.80. The number of amides is 3. The van der Waals surface area contributed by atoms with Gasteiger partial charge in [0.05, 0.1) is 39.8 Å². The molecule has 0 spiro atoms. The third kappa shape index (κ3) is 4.82. The number of pyridine rings is 2. The van der Waals surface area contributed by atoms with E-state index in [0.29, 0.717) is 16.6 Å². The standard InChI is InChI=1S/C34H32ClFN6O5/c1-6-25(44)40-14-17(4)41-23(15-40)33(46)39(5)30-29(41)20-13-21(35)27(26-22(36)11-8-12-24(26)43)38-32(20)42(34(30)47)28-18(16(2)3)9-7-10-19(28)31(37)45/h6-13,16-17,23,43H,1,14-15H2,2-5H3,(H2,37,45)/t17-,23-/m1/s1. The van der Waals surface area contributed by atoms with E-state index in [2.05, 4.69) is 6.58 Å². The Kier molecular flexibility index (Phi) is 7.79. The molecule has 2 aromatic carbocycles. The number of likely N-dealkylation sites (N-methyl/N-ethyl adjacent to an activating group) is 1. The van der Waals surface area contributed by atoms with Crippen LogP contribution in [0.15, 0.2) is 59.9 Å². The second-order valence-electron chi connectivity index (χ2n) is 12.0. The van der Waals surface area contributed by atoms with Gasteiger partial charge < -0.3 is 25.5 Å². The lowest BCUT2D eigenvalue weighted by Gasteiger charge is -2.50. The Labute approximate surface area is 274 Å². The third-order valence-corrected chi connectivity index (χ3v) is 9.13. The van der Waals surface area contributed by atoms with Crippen LogP contribution in [0.3, 0.4) is 0 Å². The molecule has 2 aliphatic rings. The van der Waals surface area contributed by atoms with E-state index >= 15 is 4.39 Å². The number of fused-ring (bicyclic) bond motifs is 5. The molecule has 47 heavy (non-hydrogen) atoms. The first-order valence-electron chi connectivity index (χ1n) is 15.0. The molecule has 2 aromatic heterocycles. The van der Waals surface area contributed by atoms with Gasteiger partial charge >= 0.3 is 0 Å². The van der Waals surface area contributed by atoms with Gasteiger partial charge in [-0.25, -0.2) is 9.37 Å². The van der Waals surface area contributed by atoms with Gasteiger partial charge in [-0.15, -0.1) is 0 Å². The molecule has 0 radical (unpaired) electrons. The molecule has 1 saturated heterocycles. The van der Waals surface area contributed by atoms with Crippen LogP contribution in [0.1, 0.15) is 42.6 Å². The van der Waals surface area contributed by atoms with Gasteiger partial charge in [-0.1, -0.05) is 50.2 Å². The van der Waals surface area contributed by atoms with Gasteiger partial charge in [0, 0.05) is 25.0 Å². The molecule has 0 saturated carbocycles. The van der Waals surface area contributed by atoms with Crippen LogP contribution in [-0.2, 0) is 9.59 Å². The summed E-state index contributed by atoms with van der Waals surface area (Å²) in [6.45, 7) is 9.43. The van der Waals surface area contributed by atoms with Crippen molar-refractivity contribution in [2.75, 3.05) is 29.9 Å². The van der Waals surface area contributed by atoms with E-state index < -0.39 is 41.0 Å². The molecule has 11 nitrogen and oxygen atoms in total. The predicted octanol–water partition coefficient (Wildman–Crippen LogP) is 4.34. The van der Waals surface area contributed by atoms with Crippen LogP contribution in [-0.4, -0.2) is 69.5 Å². The fourth-order valence-corrected chi connectivity index (χ4v) is 6.97. The van der Waals surface area contributed by atoms with Gasteiger partial charge in [-0.05, 0) is 48.7 Å². The average Bonchev–Trinajstić information content (AvgIpc) is 3.02. The number of hydrogen-bond acceptors (Lipinski definition) is 7. The van der Waals surface area contributed by atoms with E-state index in [1.54, 1.807) is 17.0 Å². The lowest BCUT2D eigenvalue weighted by molar-refractivity contribution is -0.129. The number of carbonyl (C=O) groups is 3. The molecule has 13 heteroatoms. The number of carbonyl (C=O) groups excluding carboxylic acids is 3. The maximum Gasteiger partial charge on any atom is 0.282 e. The first-order chi connectivity index (χ1) is 22.3. The highest BCUT2D eigenvalue weighted by Crippen LogP contribution is 2.45. The highest BCUT2D eigenvalue weighted by atomic mass is 35.5. The van der Waals surface area contributed by atoms with Crippen molar-refractivity contribution in [1.29, 1.82) is 0 Å². The Morgan fingerprint density at radius 1 is 1.13 bits per heavy atom. The summed E-state index contributed by atoms with van der Waals surface area (Å²) in [5.74, 6) is -2.98. The van der Waals surface area contributed by atoms with Gasteiger partial charge in [0.25, 0.3) is 17.4 Å².